The molecule has 1 N–H and O–H groups in total. The zero-order valence-electron chi connectivity index (χ0n) is 12.6. The second kappa shape index (κ2) is 6.10. The van der Waals surface area contributed by atoms with Gasteiger partial charge in [0.1, 0.15) is 18.0 Å². The van der Waals surface area contributed by atoms with Crippen LogP contribution in [0.25, 0.3) is 0 Å². The van der Waals surface area contributed by atoms with Crippen LogP contribution in [-0.2, 0) is 0 Å². The fraction of sp³-hybridized carbons (Fsp3) is 0.333. The highest BCUT2D eigenvalue weighted by Gasteiger charge is 2.18. The number of benzene rings is 2. The van der Waals surface area contributed by atoms with E-state index in [9.17, 15) is 5.11 Å². The first kappa shape index (κ1) is 14.6. The van der Waals surface area contributed by atoms with Crippen LogP contribution in [0.1, 0.15) is 35.3 Å². The molecule has 20 heavy (non-hydrogen) atoms. The van der Waals surface area contributed by atoms with Gasteiger partial charge in [-0.05, 0) is 56.5 Å². The van der Waals surface area contributed by atoms with Gasteiger partial charge in [0.15, 0.2) is 0 Å². The molecule has 2 rings (SSSR count). The van der Waals surface area contributed by atoms with Gasteiger partial charge in [0.2, 0.25) is 0 Å². The van der Waals surface area contributed by atoms with Gasteiger partial charge in [-0.2, -0.15) is 0 Å². The molecule has 0 bridgehead atoms. The topological polar surface area (TPSA) is 29.5 Å². The van der Waals surface area contributed by atoms with Gasteiger partial charge in [-0.25, -0.2) is 0 Å². The lowest BCUT2D eigenvalue weighted by atomic mass is 10.0. The molecule has 0 heterocycles. The van der Waals surface area contributed by atoms with E-state index in [1.54, 1.807) is 0 Å². The largest absolute Gasteiger partial charge is 0.488 e. The molecule has 0 aliphatic rings. The molecule has 2 heteroatoms. The van der Waals surface area contributed by atoms with Crippen LogP contribution >= 0.6 is 0 Å². The predicted octanol–water partition coefficient (Wildman–Crippen LogP) is 4.11. The first-order valence-electron chi connectivity index (χ1n) is 6.95. The van der Waals surface area contributed by atoms with Crippen molar-refractivity contribution in [2.75, 3.05) is 0 Å². The highest BCUT2D eigenvalue weighted by molar-refractivity contribution is 5.33. The maximum atomic E-state index is 10.4. The lowest BCUT2D eigenvalue weighted by Crippen LogP contribution is -2.21. The summed E-state index contributed by atoms with van der Waals surface area (Å²) in [6.45, 7) is 8.01. The Balaban J connectivity index is 2.10. The minimum atomic E-state index is -0.628. The standard InChI is InChI=1S/C18H22O2/c1-12-5-7-16(8-6-12)18(19)15(4)20-17-10-13(2)9-14(3)11-17/h5-11,15,18-19H,1-4H3. The highest BCUT2D eigenvalue weighted by Crippen LogP contribution is 2.24. The van der Waals surface area contributed by atoms with Crippen LogP contribution in [0.3, 0.4) is 0 Å². The Morgan fingerprint density at radius 2 is 1.40 bits per heavy atom. The summed E-state index contributed by atoms with van der Waals surface area (Å²) in [7, 11) is 0. The monoisotopic (exact) mass is 270 g/mol. The molecule has 0 aliphatic carbocycles. The smallest absolute Gasteiger partial charge is 0.126 e. The van der Waals surface area contributed by atoms with E-state index >= 15 is 0 Å². The summed E-state index contributed by atoms with van der Waals surface area (Å²) in [6, 6.07) is 14.0. The van der Waals surface area contributed by atoms with E-state index in [1.165, 1.54) is 5.56 Å². The average molecular weight is 270 g/mol. The van der Waals surface area contributed by atoms with Crippen LogP contribution < -0.4 is 4.74 Å². The molecule has 0 spiro atoms. The first-order valence-corrected chi connectivity index (χ1v) is 6.95. The zero-order chi connectivity index (χ0) is 14.7. The van der Waals surface area contributed by atoms with Crippen molar-refractivity contribution in [3.63, 3.8) is 0 Å². The third kappa shape index (κ3) is 3.61. The molecule has 0 radical (unpaired) electrons. The van der Waals surface area contributed by atoms with Gasteiger partial charge in [-0.1, -0.05) is 35.9 Å². The third-order valence-corrected chi connectivity index (χ3v) is 3.38. The van der Waals surface area contributed by atoms with Crippen molar-refractivity contribution in [1.82, 2.24) is 0 Å². The summed E-state index contributed by atoms with van der Waals surface area (Å²) in [6.07, 6.45) is -0.921. The molecule has 0 fully saturated rings. The highest BCUT2D eigenvalue weighted by atomic mass is 16.5. The van der Waals surface area contributed by atoms with E-state index in [4.69, 9.17) is 4.74 Å². The Labute approximate surface area is 121 Å². The van der Waals surface area contributed by atoms with Gasteiger partial charge in [0.05, 0.1) is 0 Å². The molecule has 2 nitrogen and oxygen atoms in total. The molecule has 2 aromatic carbocycles. The second-order valence-corrected chi connectivity index (χ2v) is 5.50. The fourth-order valence-electron chi connectivity index (χ4n) is 2.31. The van der Waals surface area contributed by atoms with Crippen LogP contribution in [0.4, 0.5) is 0 Å². The SMILES string of the molecule is Cc1ccc(C(O)C(C)Oc2cc(C)cc(C)c2)cc1. The predicted molar refractivity (Wildman–Crippen MR) is 82.1 cm³/mol. The normalized spacial score (nSPS) is 13.8. The maximum Gasteiger partial charge on any atom is 0.126 e. The van der Waals surface area contributed by atoms with Gasteiger partial charge in [0.25, 0.3) is 0 Å². The van der Waals surface area contributed by atoms with E-state index < -0.39 is 6.10 Å². The maximum absolute atomic E-state index is 10.4. The third-order valence-electron chi connectivity index (χ3n) is 3.38. The number of rotatable bonds is 4. The van der Waals surface area contributed by atoms with Crippen molar-refractivity contribution < 1.29 is 9.84 Å². The van der Waals surface area contributed by atoms with Gasteiger partial charge in [-0.3, -0.25) is 0 Å². The van der Waals surface area contributed by atoms with Crippen molar-refractivity contribution in [3.8, 4) is 5.75 Å². The Bertz CT molecular complexity index is 552. The average Bonchev–Trinajstić information content (AvgIpc) is 2.37. The van der Waals surface area contributed by atoms with Gasteiger partial charge in [-0.15, -0.1) is 0 Å². The van der Waals surface area contributed by atoms with Crippen LogP contribution in [0.15, 0.2) is 42.5 Å². The van der Waals surface area contributed by atoms with Crippen LogP contribution in [-0.4, -0.2) is 11.2 Å². The number of hydrogen-bond acceptors (Lipinski definition) is 2. The number of hydrogen-bond donors (Lipinski definition) is 1. The molecule has 2 unspecified atom stereocenters. The van der Waals surface area contributed by atoms with E-state index in [0.29, 0.717) is 0 Å². The molecule has 0 saturated carbocycles. The Hall–Kier alpha value is -1.80. The van der Waals surface area contributed by atoms with Crippen LogP contribution in [0.2, 0.25) is 0 Å². The fourth-order valence-corrected chi connectivity index (χ4v) is 2.31. The zero-order valence-corrected chi connectivity index (χ0v) is 12.6. The number of aliphatic hydroxyl groups excluding tert-OH is 1. The van der Waals surface area contributed by atoms with E-state index in [0.717, 1.165) is 22.4 Å². The van der Waals surface area contributed by atoms with Crippen LogP contribution in [0, 0.1) is 20.8 Å². The van der Waals surface area contributed by atoms with Crippen molar-refractivity contribution in [2.45, 2.75) is 39.9 Å². The summed E-state index contributed by atoms with van der Waals surface area (Å²) in [4.78, 5) is 0. The molecule has 0 aromatic heterocycles. The molecule has 0 aliphatic heterocycles. The van der Waals surface area contributed by atoms with Gasteiger partial charge >= 0.3 is 0 Å². The lowest BCUT2D eigenvalue weighted by Gasteiger charge is -2.21. The minimum absolute atomic E-state index is 0.293. The molecule has 2 aromatic rings. The van der Waals surface area contributed by atoms with E-state index in [-0.39, 0.29) is 6.10 Å². The number of aryl methyl sites for hydroxylation is 3. The van der Waals surface area contributed by atoms with Crippen molar-refractivity contribution in [2.24, 2.45) is 0 Å². The number of ether oxygens (including phenoxy) is 1. The quantitative estimate of drug-likeness (QED) is 0.905. The molecule has 106 valence electrons. The van der Waals surface area contributed by atoms with E-state index in [2.05, 4.69) is 6.07 Å². The summed E-state index contributed by atoms with van der Waals surface area (Å²) in [5.41, 5.74) is 4.39. The van der Waals surface area contributed by atoms with Crippen molar-refractivity contribution in [1.29, 1.82) is 0 Å². The molecule has 2 atom stereocenters. The summed E-state index contributed by atoms with van der Waals surface area (Å²) >= 11 is 0. The summed E-state index contributed by atoms with van der Waals surface area (Å²) < 4.78 is 5.87. The Morgan fingerprint density at radius 1 is 0.850 bits per heavy atom. The van der Waals surface area contributed by atoms with Gasteiger partial charge in [0, 0.05) is 0 Å². The van der Waals surface area contributed by atoms with Crippen LogP contribution in [0.5, 0.6) is 5.75 Å². The lowest BCUT2D eigenvalue weighted by molar-refractivity contribution is 0.0467. The van der Waals surface area contributed by atoms with E-state index in [1.807, 2.05) is 64.1 Å². The molecular formula is C18H22O2. The summed E-state index contributed by atoms with van der Waals surface area (Å²) in [5.74, 6) is 0.807. The first-order chi connectivity index (χ1) is 9.45. The Morgan fingerprint density at radius 3 is 1.95 bits per heavy atom. The molecule has 0 amide bonds. The molecule has 0 saturated heterocycles. The Kier molecular flexibility index (Phi) is 4.46. The number of aliphatic hydroxyl groups is 1. The second-order valence-electron chi connectivity index (χ2n) is 5.50. The van der Waals surface area contributed by atoms with Crippen molar-refractivity contribution in [3.05, 3.63) is 64.7 Å². The minimum Gasteiger partial charge on any atom is -0.488 e. The summed E-state index contributed by atoms with van der Waals surface area (Å²) in [5, 5.41) is 10.4. The van der Waals surface area contributed by atoms with Crippen molar-refractivity contribution >= 4 is 0 Å². The molecular weight excluding hydrogens is 248 g/mol. The van der Waals surface area contributed by atoms with Gasteiger partial charge < -0.3 is 9.84 Å².